The molecule has 0 unspecified atom stereocenters. The van der Waals surface area contributed by atoms with E-state index in [-0.39, 0.29) is 17.7 Å². The maximum absolute atomic E-state index is 11.7. The Bertz CT molecular complexity index is 275. The highest BCUT2D eigenvalue weighted by atomic mass is 16.5. The highest BCUT2D eigenvalue weighted by molar-refractivity contribution is 5.76. The number of nitrogens with one attached hydrogen (secondary N) is 1. The maximum atomic E-state index is 11.7. The van der Waals surface area contributed by atoms with E-state index in [4.69, 9.17) is 10.5 Å². The van der Waals surface area contributed by atoms with Gasteiger partial charge in [0.2, 0.25) is 11.8 Å². The van der Waals surface area contributed by atoms with Crippen molar-refractivity contribution in [2.45, 2.75) is 32.6 Å². The van der Waals surface area contributed by atoms with Gasteiger partial charge in [-0.15, -0.1) is 0 Å². The van der Waals surface area contributed by atoms with Crippen molar-refractivity contribution < 1.29 is 14.3 Å². The largest absolute Gasteiger partial charge is 0.381 e. The summed E-state index contributed by atoms with van der Waals surface area (Å²) < 4.78 is 5.25. The summed E-state index contributed by atoms with van der Waals surface area (Å²) in [4.78, 5) is 22.3. The van der Waals surface area contributed by atoms with E-state index in [0.29, 0.717) is 25.3 Å². The minimum absolute atomic E-state index is 0.0735. The lowest BCUT2D eigenvalue weighted by Gasteiger charge is -2.21. The van der Waals surface area contributed by atoms with Crippen molar-refractivity contribution in [2.24, 2.45) is 17.6 Å². The average molecular weight is 255 g/mol. The molecule has 0 saturated carbocycles. The fraction of sp³-hybridized carbons (Fsp3) is 0.769. The molecule has 0 aromatic rings. The van der Waals surface area contributed by atoms with Gasteiger partial charge < -0.3 is 15.8 Å². The highest BCUT2D eigenvalue weighted by Gasteiger charge is 2.17. The van der Waals surface area contributed by atoms with Crippen molar-refractivity contribution in [1.82, 2.24) is 5.32 Å². The van der Waals surface area contributed by atoms with Crippen LogP contribution in [0.2, 0.25) is 0 Å². The normalized spacial score (nSPS) is 18.3. The molecule has 1 aliphatic heterocycles. The molecule has 0 spiro atoms. The smallest absolute Gasteiger partial charge is 0.220 e. The molecule has 18 heavy (non-hydrogen) atoms. The van der Waals surface area contributed by atoms with E-state index in [1.807, 2.05) is 13.3 Å². The second kappa shape index (κ2) is 8.08. The Balaban J connectivity index is 2.07. The molecule has 0 aromatic carbocycles. The Morgan fingerprint density at radius 2 is 2.11 bits per heavy atom. The number of amides is 2. The number of nitrogens with two attached hydrogens (primary N) is 1. The average Bonchev–Trinajstić information content (AvgIpc) is 2.29. The van der Waals surface area contributed by atoms with E-state index in [1.54, 1.807) is 0 Å². The van der Waals surface area contributed by atoms with Crippen LogP contribution in [0.25, 0.3) is 0 Å². The van der Waals surface area contributed by atoms with Crippen LogP contribution in [0, 0.1) is 18.3 Å². The number of carbonyl (C=O) groups excluding carboxylic acids is 2. The molecule has 1 heterocycles. The molecule has 103 valence electrons. The molecule has 1 radical (unpaired) electrons. The second-order valence-corrected chi connectivity index (χ2v) is 4.95. The maximum Gasteiger partial charge on any atom is 0.220 e. The monoisotopic (exact) mass is 255 g/mol. The van der Waals surface area contributed by atoms with Gasteiger partial charge in [-0.2, -0.15) is 0 Å². The van der Waals surface area contributed by atoms with Crippen LogP contribution >= 0.6 is 0 Å². The molecular weight excluding hydrogens is 232 g/mol. The molecule has 1 aliphatic rings. The standard InChI is InChI=1S/C13H23N2O3/c1-10(8-12(14)16)2-5-15-13(17)9-11-3-6-18-7-4-11/h2,10-11H,3-9H2,1H3,(H2,14,16)(H,15,17)/t10-/m0/s1. The lowest BCUT2D eigenvalue weighted by atomic mass is 9.96. The molecular formula is C13H23N2O3. The zero-order valence-electron chi connectivity index (χ0n) is 11.0. The van der Waals surface area contributed by atoms with Gasteiger partial charge in [0.15, 0.2) is 0 Å². The molecule has 0 bridgehead atoms. The minimum Gasteiger partial charge on any atom is -0.381 e. The van der Waals surface area contributed by atoms with Crippen molar-refractivity contribution in [3.8, 4) is 0 Å². The zero-order chi connectivity index (χ0) is 13.4. The number of hydrogen-bond donors (Lipinski definition) is 2. The van der Waals surface area contributed by atoms with Crippen molar-refractivity contribution in [3.05, 3.63) is 6.42 Å². The van der Waals surface area contributed by atoms with Gasteiger partial charge >= 0.3 is 0 Å². The van der Waals surface area contributed by atoms with Gasteiger partial charge in [0.1, 0.15) is 0 Å². The van der Waals surface area contributed by atoms with Crippen molar-refractivity contribution in [1.29, 1.82) is 0 Å². The van der Waals surface area contributed by atoms with Crippen LogP contribution in [-0.4, -0.2) is 31.6 Å². The Kier molecular flexibility index (Phi) is 6.72. The summed E-state index contributed by atoms with van der Waals surface area (Å²) in [6, 6.07) is 0. The molecule has 2 amide bonds. The van der Waals surface area contributed by atoms with E-state index in [1.165, 1.54) is 0 Å². The Labute approximate surface area is 108 Å². The van der Waals surface area contributed by atoms with Gasteiger partial charge in [0, 0.05) is 32.6 Å². The van der Waals surface area contributed by atoms with Crippen LogP contribution in [0.1, 0.15) is 32.6 Å². The van der Waals surface area contributed by atoms with Crippen LogP contribution in [0.4, 0.5) is 0 Å². The quantitative estimate of drug-likeness (QED) is 0.700. The minimum atomic E-state index is -0.313. The van der Waals surface area contributed by atoms with Gasteiger partial charge in [0.05, 0.1) is 0 Å². The topological polar surface area (TPSA) is 81.4 Å². The van der Waals surface area contributed by atoms with Gasteiger partial charge in [-0.05, 0) is 31.1 Å². The molecule has 5 nitrogen and oxygen atoms in total. The molecule has 0 aliphatic carbocycles. The van der Waals surface area contributed by atoms with Crippen molar-refractivity contribution in [3.63, 3.8) is 0 Å². The number of primary amides is 1. The van der Waals surface area contributed by atoms with Gasteiger partial charge in [-0.25, -0.2) is 0 Å². The first-order valence-electron chi connectivity index (χ1n) is 6.54. The first-order chi connectivity index (χ1) is 8.58. The fourth-order valence-corrected chi connectivity index (χ4v) is 2.06. The summed E-state index contributed by atoms with van der Waals surface area (Å²) >= 11 is 0. The third kappa shape index (κ3) is 6.59. The molecule has 5 heteroatoms. The van der Waals surface area contributed by atoms with Crippen LogP contribution < -0.4 is 11.1 Å². The summed E-state index contributed by atoms with van der Waals surface area (Å²) in [5, 5.41) is 2.85. The molecule has 1 rings (SSSR count). The number of carbonyl (C=O) groups is 2. The number of ether oxygens (including phenoxy) is 1. The molecule has 1 atom stereocenters. The lowest BCUT2D eigenvalue weighted by molar-refractivity contribution is -0.122. The summed E-state index contributed by atoms with van der Waals surface area (Å²) in [7, 11) is 0. The van der Waals surface area contributed by atoms with Crippen LogP contribution in [0.3, 0.4) is 0 Å². The molecule has 1 fully saturated rings. The van der Waals surface area contributed by atoms with Crippen LogP contribution in [-0.2, 0) is 14.3 Å². The van der Waals surface area contributed by atoms with Gasteiger partial charge in [-0.1, -0.05) is 6.92 Å². The highest BCUT2D eigenvalue weighted by Crippen LogP contribution is 2.18. The molecule has 0 aromatic heterocycles. The summed E-state index contributed by atoms with van der Waals surface area (Å²) in [5.41, 5.74) is 5.09. The van der Waals surface area contributed by atoms with Crippen LogP contribution in [0.5, 0.6) is 0 Å². The summed E-state index contributed by atoms with van der Waals surface area (Å²) in [6.45, 7) is 3.94. The van der Waals surface area contributed by atoms with Crippen LogP contribution in [0.15, 0.2) is 0 Å². The number of hydrogen-bond acceptors (Lipinski definition) is 3. The number of rotatable bonds is 7. The van der Waals surface area contributed by atoms with E-state index < -0.39 is 0 Å². The summed E-state index contributed by atoms with van der Waals surface area (Å²) in [5.74, 6) is 0.310. The third-order valence-electron chi connectivity index (χ3n) is 3.16. The lowest BCUT2D eigenvalue weighted by Crippen LogP contribution is -2.30. The Morgan fingerprint density at radius 1 is 1.44 bits per heavy atom. The van der Waals surface area contributed by atoms with Crippen molar-refractivity contribution in [2.75, 3.05) is 19.8 Å². The van der Waals surface area contributed by atoms with E-state index >= 15 is 0 Å². The third-order valence-corrected chi connectivity index (χ3v) is 3.16. The van der Waals surface area contributed by atoms with E-state index in [0.717, 1.165) is 26.1 Å². The van der Waals surface area contributed by atoms with Gasteiger partial charge in [-0.3, -0.25) is 9.59 Å². The zero-order valence-corrected chi connectivity index (χ0v) is 11.0. The first-order valence-corrected chi connectivity index (χ1v) is 6.54. The van der Waals surface area contributed by atoms with E-state index in [9.17, 15) is 9.59 Å². The molecule has 1 saturated heterocycles. The SMILES string of the molecule is C[C@@H]([CH]CNC(=O)CC1CCOCC1)CC(N)=O. The van der Waals surface area contributed by atoms with E-state index in [2.05, 4.69) is 5.32 Å². The predicted molar refractivity (Wildman–Crippen MR) is 68.4 cm³/mol. The van der Waals surface area contributed by atoms with Gasteiger partial charge in [0.25, 0.3) is 0 Å². The molecule has 3 N–H and O–H groups in total. The fourth-order valence-electron chi connectivity index (χ4n) is 2.06. The first kappa shape index (κ1) is 15.0. The Hall–Kier alpha value is -1.10. The predicted octanol–water partition coefficient (Wildman–Crippen LogP) is 0.635. The summed E-state index contributed by atoms with van der Waals surface area (Å²) in [6.07, 6.45) is 4.74. The Morgan fingerprint density at radius 3 is 2.72 bits per heavy atom. The second-order valence-electron chi connectivity index (χ2n) is 4.95. The van der Waals surface area contributed by atoms with Crippen molar-refractivity contribution >= 4 is 11.8 Å².